The van der Waals surface area contributed by atoms with Crippen LogP contribution in [0.15, 0.2) is 91.0 Å². The molecule has 4 aromatic rings. The van der Waals surface area contributed by atoms with Crippen molar-refractivity contribution >= 4 is 61.5 Å². The SMILES string of the molecule is CC[C@H](C)NC(=O)[C@H](Cc1ccccc1)N(Cc1ccc(Cl)cc1Cl)C(=O)CN(c1cccc2ccccc12)S(C)(=O)=O. The average Bonchev–Trinajstić information content (AvgIpc) is 2.98. The second-order valence-electron chi connectivity index (χ2n) is 10.5. The Kier molecular flexibility index (Phi) is 10.7. The molecule has 2 amide bonds. The zero-order chi connectivity index (χ0) is 31.1. The number of rotatable bonds is 12. The number of nitrogens with zero attached hydrogens (tertiary/aromatic N) is 2. The zero-order valence-electron chi connectivity index (χ0n) is 24.3. The van der Waals surface area contributed by atoms with Gasteiger partial charge in [-0.3, -0.25) is 13.9 Å². The second-order valence-corrected chi connectivity index (χ2v) is 13.3. The molecule has 4 rings (SSSR count). The largest absolute Gasteiger partial charge is 0.352 e. The van der Waals surface area contributed by atoms with Crippen molar-refractivity contribution in [3.63, 3.8) is 0 Å². The summed E-state index contributed by atoms with van der Waals surface area (Å²) in [6.07, 6.45) is 1.98. The molecule has 226 valence electrons. The molecular formula is C33H35Cl2N3O4S. The van der Waals surface area contributed by atoms with Crippen LogP contribution < -0.4 is 9.62 Å². The molecule has 0 unspecified atom stereocenters. The van der Waals surface area contributed by atoms with Crippen molar-refractivity contribution in [3.8, 4) is 0 Å². The fourth-order valence-corrected chi connectivity index (χ4v) is 6.18. The molecule has 0 aliphatic carbocycles. The summed E-state index contributed by atoms with van der Waals surface area (Å²) in [5, 5.41) is 5.30. The molecule has 0 saturated heterocycles. The van der Waals surface area contributed by atoms with E-state index >= 15 is 0 Å². The van der Waals surface area contributed by atoms with Crippen LogP contribution in [0.25, 0.3) is 10.8 Å². The standard InChI is InChI=1S/C33H35Cl2N3O4S/c1-4-23(2)36-33(40)31(19-24-11-6-5-7-12-24)37(21-26-17-18-27(34)20-29(26)35)32(39)22-38(43(3,41)42)30-16-10-14-25-13-8-9-15-28(25)30/h5-18,20,23,31H,4,19,21-22H2,1-3H3,(H,36,40)/t23-,31-/m0/s1. The molecule has 10 heteroatoms. The van der Waals surface area contributed by atoms with Crippen molar-refractivity contribution in [3.05, 3.63) is 112 Å². The van der Waals surface area contributed by atoms with Crippen molar-refractivity contribution in [2.24, 2.45) is 0 Å². The summed E-state index contributed by atoms with van der Waals surface area (Å²) in [6, 6.07) is 25.9. The van der Waals surface area contributed by atoms with Gasteiger partial charge in [-0.15, -0.1) is 0 Å². The minimum atomic E-state index is -3.91. The van der Waals surface area contributed by atoms with E-state index in [1.165, 1.54) is 4.90 Å². The Hall–Kier alpha value is -3.59. The van der Waals surface area contributed by atoms with Gasteiger partial charge in [0.25, 0.3) is 0 Å². The van der Waals surface area contributed by atoms with Gasteiger partial charge < -0.3 is 10.2 Å². The van der Waals surface area contributed by atoms with Gasteiger partial charge in [0, 0.05) is 34.4 Å². The highest BCUT2D eigenvalue weighted by Gasteiger charge is 2.34. The second kappa shape index (κ2) is 14.3. The number of fused-ring (bicyclic) bond motifs is 1. The van der Waals surface area contributed by atoms with Gasteiger partial charge >= 0.3 is 0 Å². The van der Waals surface area contributed by atoms with E-state index in [0.717, 1.165) is 21.5 Å². The van der Waals surface area contributed by atoms with Crippen LogP contribution in [0, 0.1) is 0 Å². The maximum Gasteiger partial charge on any atom is 0.244 e. The van der Waals surface area contributed by atoms with E-state index in [9.17, 15) is 18.0 Å². The molecule has 0 aliphatic heterocycles. The van der Waals surface area contributed by atoms with E-state index in [2.05, 4.69) is 5.32 Å². The lowest BCUT2D eigenvalue weighted by Gasteiger charge is -2.34. The quantitative estimate of drug-likeness (QED) is 0.193. The van der Waals surface area contributed by atoms with Crippen molar-refractivity contribution in [1.29, 1.82) is 0 Å². The monoisotopic (exact) mass is 639 g/mol. The summed E-state index contributed by atoms with van der Waals surface area (Å²) < 4.78 is 27.5. The summed E-state index contributed by atoms with van der Waals surface area (Å²) in [6.45, 7) is 3.31. The normalized spacial score (nSPS) is 12.9. The summed E-state index contributed by atoms with van der Waals surface area (Å²) >= 11 is 12.7. The molecule has 4 aromatic carbocycles. The summed E-state index contributed by atoms with van der Waals surface area (Å²) in [7, 11) is -3.91. The first-order valence-electron chi connectivity index (χ1n) is 14.0. The van der Waals surface area contributed by atoms with Crippen molar-refractivity contribution in [2.75, 3.05) is 17.1 Å². The molecule has 0 heterocycles. The van der Waals surface area contributed by atoms with Gasteiger partial charge in [-0.1, -0.05) is 103 Å². The van der Waals surface area contributed by atoms with Gasteiger partial charge in [0.2, 0.25) is 21.8 Å². The third kappa shape index (κ3) is 8.28. The molecule has 2 atom stereocenters. The summed E-state index contributed by atoms with van der Waals surface area (Å²) in [5.41, 5.74) is 1.80. The van der Waals surface area contributed by atoms with Gasteiger partial charge in [-0.2, -0.15) is 0 Å². The maximum absolute atomic E-state index is 14.4. The predicted molar refractivity (Wildman–Crippen MR) is 175 cm³/mol. The predicted octanol–water partition coefficient (Wildman–Crippen LogP) is 6.47. The molecule has 0 aliphatic rings. The van der Waals surface area contributed by atoms with E-state index in [0.29, 0.717) is 33.1 Å². The molecule has 0 aromatic heterocycles. The topological polar surface area (TPSA) is 86.8 Å². The van der Waals surface area contributed by atoms with Crippen LogP contribution >= 0.6 is 23.2 Å². The number of nitrogens with one attached hydrogen (secondary N) is 1. The number of hydrogen-bond acceptors (Lipinski definition) is 4. The van der Waals surface area contributed by atoms with Crippen LogP contribution in [0.4, 0.5) is 5.69 Å². The van der Waals surface area contributed by atoms with Crippen LogP contribution in [-0.4, -0.2) is 50.0 Å². The summed E-state index contributed by atoms with van der Waals surface area (Å²) in [4.78, 5) is 29.6. The molecule has 0 bridgehead atoms. The lowest BCUT2D eigenvalue weighted by atomic mass is 10.0. The number of benzene rings is 4. The van der Waals surface area contributed by atoms with Crippen LogP contribution in [0.2, 0.25) is 10.0 Å². The Morgan fingerprint density at radius 2 is 1.58 bits per heavy atom. The lowest BCUT2D eigenvalue weighted by molar-refractivity contribution is -0.140. The van der Waals surface area contributed by atoms with Gasteiger partial charge in [0.15, 0.2) is 0 Å². The molecule has 0 radical (unpaired) electrons. The van der Waals surface area contributed by atoms with Crippen molar-refractivity contribution in [1.82, 2.24) is 10.2 Å². The fourth-order valence-electron chi connectivity index (χ4n) is 4.85. The molecule has 0 fully saturated rings. The molecule has 43 heavy (non-hydrogen) atoms. The van der Waals surface area contributed by atoms with Crippen LogP contribution in [0.3, 0.4) is 0 Å². The fraction of sp³-hybridized carbons (Fsp3) is 0.273. The Labute approximate surface area is 263 Å². The van der Waals surface area contributed by atoms with Gasteiger partial charge in [0.05, 0.1) is 11.9 Å². The van der Waals surface area contributed by atoms with E-state index < -0.39 is 28.5 Å². The first kappa shape index (κ1) is 32.3. The highest BCUT2D eigenvalue weighted by atomic mass is 35.5. The average molecular weight is 641 g/mol. The van der Waals surface area contributed by atoms with E-state index in [1.807, 2.05) is 74.5 Å². The molecule has 1 N–H and O–H groups in total. The summed E-state index contributed by atoms with van der Waals surface area (Å²) in [5.74, 6) is -0.891. The third-order valence-corrected chi connectivity index (χ3v) is 9.06. The lowest BCUT2D eigenvalue weighted by Crippen LogP contribution is -2.54. The molecular weight excluding hydrogens is 605 g/mol. The zero-order valence-corrected chi connectivity index (χ0v) is 26.7. The Morgan fingerprint density at radius 3 is 2.26 bits per heavy atom. The van der Waals surface area contributed by atoms with Crippen molar-refractivity contribution in [2.45, 2.75) is 45.3 Å². The van der Waals surface area contributed by atoms with Crippen LogP contribution in [-0.2, 0) is 32.6 Å². The van der Waals surface area contributed by atoms with Crippen LogP contribution in [0.5, 0.6) is 0 Å². The third-order valence-electron chi connectivity index (χ3n) is 7.34. The Balaban J connectivity index is 1.81. The number of hydrogen-bond donors (Lipinski definition) is 1. The Morgan fingerprint density at radius 1 is 0.907 bits per heavy atom. The maximum atomic E-state index is 14.4. The first-order chi connectivity index (χ1) is 20.5. The van der Waals surface area contributed by atoms with Gasteiger partial charge in [0.1, 0.15) is 12.6 Å². The number of anilines is 1. The van der Waals surface area contributed by atoms with Gasteiger partial charge in [-0.25, -0.2) is 8.42 Å². The van der Waals surface area contributed by atoms with E-state index in [4.69, 9.17) is 23.2 Å². The first-order valence-corrected chi connectivity index (χ1v) is 16.6. The van der Waals surface area contributed by atoms with E-state index in [1.54, 1.807) is 30.3 Å². The van der Waals surface area contributed by atoms with Crippen molar-refractivity contribution < 1.29 is 18.0 Å². The molecule has 0 saturated carbocycles. The minimum Gasteiger partial charge on any atom is -0.352 e. The molecule has 7 nitrogen and oxygen atoms in total. The van der Waals surface area contributed by atoms with E-state index in [-0.39, 0.29) is 24.9 Å². The Bertz CT molecular complexity index is 1690. The van der Waals surface area contributed by atoms with Crippen LogP contribution in [0.1, 0.15) is 31.4 Å². The number of sulfonamides is 1. The number of amides is 2. The smallest absolute Gasteiger partial charge is 0.244 e. The highest BCUT2D eigenvalue weighted by Crippen LogP contribution is 2.29. The number of carbonyl (C=O) groups excluding carboxylic acids is 2. The minimum absolute atomic E-state index is 0.0343. The molecule has 0 spiro atoms. The number of halogens is 2. The highest BCUT2D eigenvalue weighted by molar-refractivity contribution is 7.92. The number of carbonyl (C=O) groups is 2. The van der Waals surface area contributed by atoms with Gasteiger partial charge in [-0.05, 0) is 48.1 Å².